The number of aromatic carboxylic acids is 2. The molecule has 0 aliphatic rings. The van der Waals surface area contributed by atoms with Gasteiger partial charge in [-0.1, -0.05) is 5.21 Å². The van der Waals surface area contributed by atoms with Crippen LogP contribution in [-0.2, 0) is 16.6 Å². The second-order valence-corrected chi connectivity index (χ2v) is 5.51. The van der Waals surface area contributed by atoms with Gasteiger partial charge >= 0.3 is 11.9 Å². The Morgan fingerprint density at radius 1 is 1.32 bits per heavy atom. The Morgan fingerprint density at radius 3 is 2.42 bits per heavy atom. The van der Waals surface area contributed by atoms with Crippen molar-refractivity contribution in [3.63, 3.8) is 0 Å². The molecule has 10 nitrogen and oxygen atoms in total. The quantitative estimate of drug-likeness (QED) is 0.555. The lowest BCUT2D eigenvalue weighted by Gasteiger charge is -2.05. The molecule has 1 heterocycles. The van der Waals surface area contributed by atoms with Gasteiger partial charge in [0.2, 0.25) is 15.7 Å². The van der Waals surface area contributed by atoms with Crippen LogP contribution in [0.5, 0.6) is 0 Å². The monoisotopic (exact) mass is 292 g/mol. The average Bonchev–Trinajstić information content (AvgIpc) is 2.73. The van der Waals surface area contributed by atoms with Crippen molar-refractivity contribution in [1.82, 2.24) is 19.7 Å². The Kier molecular flexibility index (Phi) is 4.56. The summed E-state index contributed by atoms with van der Waals surface area (Å²) in [6.45, 7) is 1.20. The predicted molar refractivity (Wildman–Crippen MR) is 61.4 cm³/mol. The van der Waals surface area contributed by atoms with Gasteiger partial charge in [0, 0.05) is 6.54 Å². The van der Waals surface area contributed by atoms with Crippen molar-refractivity contribution in [2.45, 2.75) is 13.5 Å². The van der Waals surface area contributed by atoms with Gasteiger partial charge in [-0.05, 0) is 6.92 Å². The lowest BCUT2D eigenvalue weighted by atomic mass is 10.3. The van der Waals surface area contributed by atoms with Crippen LogP contribution in [-0.4, -0.2) is 57.9 Å². The summed E-state index contributed by atoms with van der Waals surface area (Å²) in [5.41, 5.74) is -1.28. The minimum Gasteiger partial charge on any atom is -0.476 e. The van der Waals surface area contributed by atoms with Gasteiger partial charge in [-0.15, -0.1) is 5.10 Å². The Hall–Kier alpha value is -2.01. The number of carbonyl (C=O) groups is 2. The van der Waals surface area contributed by atoms with Gasteiger partial charge in [0.05, 0.1) is 12.3 Å². The van der Waals surface area contributed by atoms with Crippen molar-refractivity contribution in [2.24, 2.45) is 0 Å². The van der Waals surface area contributed by atoms with E-state index in [0.717, 1.165) is 4.68 Å². The maximum Gasteiger partial charge on any atom is 0.359 e. The van der Waals surface area contributed by atoms with Crippen LogP contribution in [0.4, 0.5) is 0 Å². The first-order valence-electron chi connectivity index (χ1n) is 5.16. The average molecular weight is 292 g/mol. The van der Waals surface area contributed by atoms with Gasteiger partial charge in [0.25, 0.3) is 0 Å². The molecule has 1 aromatic rings. The number of rotatable bonds is 7. The van der Waals surface area contributed by atoms with Crippen molar-refractivity contribution in [2.75, 3.05) is 12.3 Å². The fourth-order valence-electron chi connectivity index (χ4n) is 1.23. The third-order valence-electron chi connectivity index (χ3n) is 2.17. The Labute approximate surface area is 108 Å². The number of hydrogen-bond donors (Lipinski definition) is 3. The standard InChI is InChI=1S/C8H12N4O6S/c1-2-19(17,18)9-3-4-12-6(8(15)16)5(7(13)14)10-11-12/h9H,2-4H2,1H3,(H,13,14)(H,15,16). The van der Waals surface area contributed by atoms with Crippen LogP contribution in [0, 0.1) is 0 Å². The normalized spacial score (nSPS) is 11.4. The van der Waals surface area contributed by atoms with Crippen molar-refractivity contribution in [3.05, 3.63) is 11.4 Å². The number of aromatic nitrogens is 3. The number of hydrogen-bond acceptors (Lipinski definition) is 6. The lowest BCUT2D eigenvalue weighted by molar-refractivity contribution is 0.0640. The molecular weight excluding hydrogens is 280 g/mol. The molecule has 106 valence electrons. The minimum atomic E-state index is -3.41. The van der Waals surface area contributed by atoms with Crippen LogP contribution in [0.3, 0.4) is 0 Å². The van der Waals surface area contributed by atoms with E-state index in [0.29, 0.717) is 0 Å². The largest absolute Gasteiger partial charge is 0.476 e. The molecule has 19 heavy (non-hydrogen) atoms. The Morgan fingerprint density at radius 2 is 1.95 bits per heavy atom. The molecule has 0 bridgehead atoms. The summed E-state index contributed by atoms with van der Waals surface area (Å²) < 4.78 is 25.3. The summed E-state index contributed by atoms with van der Waals surface area (Å²) in [6, 6.07) is 0. The third kappa shape index (κ3) is 3.72. The molecule has 0 saturated heterocycles. The maximum atomic E-state index is 11.2. The highest BCUT2D eigenvalue weighted by atomic mass is 32.2. The molecule has 0 saturated carbocycles. The third-order valence-corrected chi connectivity index (χ3v) is 3.57. The molecule has 0 atom stereocenters. The SMILES string of the molecule is CCS(=O)(=O)NCCn1nnc(C(=O)O)c1C(=O)O. The van der Waals surface area contributed by atoms with Crippen molar-refractivity contribution in [1.29, 1.82) is 0 Å². The molecule has 1 rings (SSSR count). The van der Waals surface area contributed by atoms with Crippen molar-refractivity contribution >= 4 is 22.0 Å². The molecule has 0 aliphatic heterocycles. The fraction of sp³-hybridized carbons (Fsp3) is 0.500. The zero-order chi connectivity index (χ0) is 14.6. The number of nitrogens with one attached hydrogen (secondary N) is 1. The van der Waals surface area contributed by atoms with Crippen molar-refractivity contribution in [3.8, 4) is 0 Å². The first-order valence-corrected chi connectivity index (χ1v) is 6.81. The first kappa shape index (κ1) is 15.0. The van der Waals surface area contributed by atoms with E-state index in [1.807, 2.05) is 0 Å². The molecule has 0 radical (unpaired) electrons. The first-order chi connectivity index (χ1) is 8.78. The van der Waals surface area contributed by atoms with E-state index in [1.54, 1.807) is 0 Å². The van der Waals surface area contributed by atoms with E-state index in [9.17, 15) is 18.0 Å². The van der Waals surface area contributed by atoms with Gasteiger partial charge in [-0.25, -0.2) is 27.4 Å². The van der Waals surface area contributed by atoms with Crippen molar-refractivity contribution < 1.29 is 28.2 Å². The smallest absolute Gasteiger partial charge is 0.359 e. The molecule has 11 heteroatoms. The van der Waals surface area contributed by atoms with Crippen LogP contribution in [0.25, 0.3) is 0 Å². The molecule has 3 N–H and O–H groups in total. The molecular formula is C8H12N4O6S. The van der Waals surface area contributed by atoms with Gasteiger partial charge in [0.15, 0.2) is 5.69 Å². The summed E-state index contributed by atoms with van der Waals surface area (Å²) in [5.74, 6) is -3.13. The zero-order valence-electron chi connectivity index (χ0n) is 9.90. The van der Waals surface area contributed by atoms with E-state index in [4.69, 9.17) is 10.2 Å². The molecule has 0 aromatic carbocycles. The summed E-state index contributed by atoms with van der Waals surface area (Å²) in [6.07, 6.45) is 0. The number of nitrogens with zero attached hydrogens (tertiary/aromatic N) is 3. The molecule has 0 fully saturated rings. The van der Waals surface area contributed by atoms with Gasteiger partial charge in [0.1, 0.15) is 0 Å². The highest BCUT2D eigenvalue weighted by Crippen LogP contribution is 2.05. The summed E-state index contributed by atoms with van der Waals surface area (Å²) in [7, 11) is -3.41. The van der Waals surface area contributed by atoms with E-state index in [-0.39, 0.29) is 18.8 Å². The van der Waals surface area contributed by atoms with Crippen LogP contribution in [0.2, 0.25) is 0 Å². The van der Waals surface area contributed by atoms with E-state index in [2.05, 4.69) is 15.0 Å². The maximum absolute atomic E-state index is 11.2. The fourth-order valence-corrected chi connectivity index (χ4v) is 1.84. The minimum absolute atomic E-state index is 0.112. The Bertz CT molecular complexity index is 592. The number of carboxylic acids is 2. The Balaban J connectivity index is 2.85. The van der Waals surface area contributed by atoms with Gasteiger partial charge in [-0.2, -0.15) is 0 Å². The zero-order valence-corrected chi connectivity index (χ0v) is 10.7. The predicted octanol–water partition coefficient (Wildman–Crippen LogP) is -1.39. The van der Waals surface area contributed by atoms with Crippen LogP contribution in [0.15, 0.2) is 0 Å². The molecule has 1 aromatic heterocycles. The molecule has 0 spiro atoms. The number of carboxylic acid groups (broad SMARTS) is 2. The van der Waals surface area contributed by atoms with E-state index < -0.39 is 33.3 Å². The molecule has 0 amide bonds. The van der Waals surface area contributed by atoms with E-state index in [1.165, 1.54) is 6.92 Å². The highest BCUT2D eigenvalue weighted by molar-refractivity contribution is 7.89. The molecule has 0 aliphatic carbocycles. The number of sulfonamides is 1. The second kappa shape index (κ2) is 5.75. The van der Waals surface area contributed by atoms with Gasteiger partial charge < -0.3 is 10.2 Å². The van der Waals surface area contributed by atoms with Gasteiger partial charge in [-0.3, -0.25) is 0 Å². The summed E-state index contributed by atoms with van der Waals surface area (Å²) >= 11 is 0. The summed E-state index contributed by atoms with van der Waals surface area (Å²) in [4.78, 5) is 21.6. The highest BCUT2D eigenvalue weighted by Gasteiger charge is 2.24. The topological polar surface area (TPSA) is 151 Å². The second-order valence-electron chi connectivity index (χ2n) is 3.42. The van der Waals surface area contributed by atoms with Crippen LogP contribution >= 0.6 is 0 Å². The van der Waals surface area contributed by atoms with Crippen LogP contribution < -0.4 is 4.72 Å². The summed E-state index contributed by atoms with van der Waals surface area (Å²) in [5, 5.41) is 24.2. The lowest BCUT2D eigenvalue weighted by Crippen LogP contribution is -2.29. The molecule has 0 unspecified atom stereocenters. The van der Waals surface area contributed by atoms with Crippen LogP contribution in [0.1, 0.15) is 27.9 Å². The van der Waals surface area contributed by atoms with E-state index >= 15 is 0 Å².